The van der Waals surface area contributed by atoms with Gasteiger partial charge in [0.2, 0.25) is 0 Å². The molecule has 0 aliphatic carbocycles. The van der Waals surface area contributed by atoms with Gasteiger partial charge in [-0.1, -0.05) is 71.0 Å². The Kier molecular flexibility index (Phi) is 7.08. The maximum absolute atomic E-state index is 12.5. The molecule has 2 aromatic carbocycles. The van der Waals surface area contributed by atoms with Crippen molar-refractivity contribution in [3.63, 3.8) is 0 Å². The van der Waals surface area contributed by atoms with Gasteiger partial charge in [-0.3, -0.25) is 0 Å². The number of ether oxygens (including phenoxy) is 1. The lowest BCUT2D eigenvalue weighted by molar-refractivity contribution is 0.0600. The van der Waals surface area contributed by atoms with E-state index in [1.165, 1.54) is 7.11 Å². The maximum Gasteiger partial charge on any atom is 0.340 e. The van der Waals surface area contributed by atoms with E-state index in [4.69, 9.17) is 18.8 Å². The van der Waals surface area contributed by atoms with Gasteiger partial charge in [-0.25, -0.2) is 9.78 Å². The Hall–Kier alpha value is -5.04. The lowest BCUT2D eigenvalue weighted by atomic mass is 10.0. The molecular weight excluding hydrogens is 478 g/mol. The van der Waals surface area contributed by atoms with Gasteiger partial charge in [-0.15, -0.1) is 0 Å². The quantitative estimate of drug-likeness (QED) is 0.218. The van der Waals surface area contributed by atoms with Crippen molar-refractivity contribution >= 4 is 30.3 Å². The monoisotopic (exact) mass is 503 g/mol. The third kappa shape index (κ3) is 5.08. The SMILES string of the molecule is COC(=O)c1ccc(C=Cc2c(-c3ccccc3)noc2C)nc1C=Cc1c(-c2ccccc2)noc1C. The number of rotatable bonds is 7. The first-order valence-corrected chi connectivity index (χ1v) is 12.0. The molecule has 5 aromatic rings. The van der Waals surface area contributed by atoms with E-state index in [1.54, 1.807) is 18.2 Å². The average Bonchev–Trinajstić information content (AvgIpc) is 3.52. The van der Waals surface area contributed by atoms with Crippen LogP contribution in [0.2, 0.25) is 0 Å². The summed E-state index contributed by atoms with van der Waals surface area (Å²) in [4.78, 5) is 17.2. The molecule has 0 aliphatic heterocycles. The van der Waals surface area contributed by atoms with E-state index in [-0.39, 0.29) is 0 Å². The number of hydrogen-bond acceptors (Lipinski definition) is 7. The molecule has 3 aromatic heterocycles. The number of carbonyl (C=O) groups excluding carboxylic acids is 1. The van der Waals surface area contributed by atoms with Gasteiger partial charge in [-0.2, -0.15) is 0 Å². The highest BCUT2D eigenvalue weighted by Gasteiger charge is 2.16. The molecule has 0 N–H and O–H groups in total. The second-order valence-electron chi connectivity index (χ2n) is 8.56. The van der Waals surface area contributed by atoms with Crippen molar-refractivity contribution in [2.75, 3.05) is 7.11 Å². The number of carbonyl (C=O) groups is 1. The molecule has 7 nitrogen and oxygen atoms in total. The van der Waals surface area contributed by atoms with Crippen LogP contribution in [0.1, 0.15) is 44.4 Å². The Bertz CT molecular complexity index is 1630. The van der Waals surface area contributed by atoms with Crippen LogP contribution >= 0.6 is 0 Å². The molecule has 188 valence electrons. The fourth-order valence-corrected chi connectivity index (χ4v) is 4.08. The summed E-state index contributed by atoms with van der Waals surface area (Å²) in [7, 11) is 1.35. The van der Waals surface area contributed by atoms with Crippen LogP contribution in [-0.4, -0.2) is 28.4 Å². The predicted octanol–water partition coefficient (Wildman–Crippen LogP) is 7.14. The van der Waals surface area contributed by atoms with Crippen molar-refractivity contribution in [1.29, 1.82) is 0 Å². The fraction of sp³-hybridized carbons (Fsp3) is 0.0968. The number of hydrogen-bond donors (Lipinski definition) is 0. The molecule has 5 rings (SSSR count). The van der Waals surface area contributed by atoms with Crippen molar-refractivity contribution in [1.82, 2.24) is 15.3 Å². The lowest BCUT2D eigenvalue weighted by Gasteiger charge is -2.05. The van der Waals surface area contributed by atoms with E-state index >= 15 is 0 Å². The summed E-state index contributed by atoms with van der Waals surface area (Å²) >= 11 is 0. The van der Waals surface area contributed by atoms with Gasteiger partial charge in [0, 0.05) is 22.3 Å². The number of benzene rings is 2. The smallest absolute Gasteiger partial charge is 0.340 e. The predicted molar refractivity (Wildman–Crippen MR) is 147 cm³/mol. The number of aryl methyl sites for hydroxylation is 2. The van der Waals surface area contributed by atoms with E-state index in [0.29, 0.717) is 34.2 Å². The molecule has 0 saturated carbocycles. The minimum atomic E-state index is -0.473. The summed E-state index contributed by atoms with van der Waals surface area (Å²) in [5.41, 5.74) is 6.49. The fourth-order valence-electron chi connectivity index (χ4n) is 4.08. The molecule has 0 unspecified atom stereocenters. The summed E-state index contributed by atoms with van der Waals surface area (Å²) in [6.45, 7) is 3.71. The minimum Gasteiger partial charge on any atom is -0.465 e. The molecule has 0 bridgehead atoms. The molecular formula is C31H25N3O4. The van der Waals surface area contributed by atoms with Crippen LogP contribution in [0, 0.1) is 13.8 Å². The first-order valence-electron chi connectivity index (χ1n) is 12.0. The number of esters is 1. The molecule has 0 aliphatic rings. The molecule has 0 spiro atoms. The first kappa shape index (κ1) is 24.6. The summed E-state index contributed by atoms with van der Waals surface area (Å²) in [6.07, 6.45) is 7.41. The zero-order valence-corrected chi connectivity index (χ0v) is 21.2. The van der Waals surface area contributed by atoms with Crippen molar-refractivity contribution in [3.8, 4) is 22.5 Å². The number of pyridine rings is 1. The third-order valence-corrected chi connectivity index (χ3v) is 6.09. The summed E-state index contributed by atoms with van der Waals surface area (Å²) in [5.74, 6) is 0.883. The van der Waals surface area contributed by atoms with Crippen molar-refractivity contribution < 1.29 is 18.6 Å². The largest absolute Gasteiger partial charge is 0.465 e. The third-order valence-electron chi connectivity index (χ3n) is 6.09. The second-order valence-corrected chi connectivity index (χ2v) is 8.56. The molecule has 0 radical (unpaired) electrons. The highest BCUT2D eigenvalue weighted by atomic mass is 16.5. The Morgan fingerprint density at radius 2 is 1.24 bits per heavy atom. The molecule has 3 heterocycles. The van der Waals surface area contributed by atoms with E-state index in [1.807, 2.05) is 92.7 Å². The van der Waals surface area contributed by atoms with E-state index in [0.717, 1.165) is 27.9 Å². The van der Waals surface area contributed by atoms with Crippen LogP contribution < -0.4 is 0 Å². The van der Waals surface area contributed by atoms with Gasteiger partial charge < -0.3 is 13.8 Å². The number of aromatic nitrogens is 3. The van der Waals surface area contributed by atoms with Crippen LogP contribution in [-0.2, 0) is 4.74 Å². The van der Waals surface area contributed by atoms with Crippen LogP contribution in [0.15, 0.2) is 81.8 Å². The summed E-state index contributed by atoms with van der Waals surface area (Å²) < 4.78 is 15.9. The van der Waals surface area contributed by atoms with E-state index in [2.05, 4.69) is 10.3 Å². The molecule has 0 atom stereocenters. The Morgan fingerprint density at radius 3 is 1.76 bits per heavy atom. The van der Waals surface area contributed by atoms with Crippen LogP contribution in [0.4, 0.5) is 0 Å². The van der Waals surface area contributed by atoms with Gasteiger partial charge in [0.1, 0.15) is 22.9 Å². The van der Waals surface area contributed by atoms with Crippen molar-refractivity contribution in [2.45, 2.75) is 13.8 Å². The summed E-state index contributed by atoms with van der Waals surface area (Å²) in [6, 6.07) is 23.1. The molecule has 7 heteroatoms. The van der Waals surface area contributed by atoms with Crippen LogP contribution in [0.3, 0.4) is 0 Å². The van der Waals surface area contributed by atoms with Gasteiger partial charge in [0.25, 0.3) is 0 Å². The zero-order valence-electron chi connectivity index (χ0n) is 21.2. The normalized spacial score (nSPS) is 11.4. The van der Waals surface area contributed by atoms with E-state index < -0.39 is 5.97 Å². The molecule has 38 heavy (non-hydrogen) atoms. The van der Waals surface area contributed by atoms with E-state index in [9.17, 15) is 4.79 Å². The van der Waals surface area contributed by atoms with Crippen molar-refractivity contribution in [3.05, 3.63) is 112 Å². The second kappa shape index (κ2) is 10.9. The highest BCUT2D eigenvalue weighted by molar-refractivity contribution is 5.95. The Morgan fingerprint density at radius 1 is 0.711 bits per heavy atom. The van der Waals surface area contributed by atoms with Crippen LogP contribution in [0.25, 0.3) is 46.8 Å². The molecule has 0 amide bonds. The average molecular weight is 504 g/mol. The Labute approximate surface area is 220 Å². The van der Waals surface area contributed by atoms with Gasteiger partial charge in [0.15, 0.2) is 0 Å². The lowest BCUT2D eigenvalue weighted by Crippen LogP contribution is -2.05. The Balaban J connectivity index is 1.51. The molecule has 0 saturated heterocycles. The van der Waals surface area contributed by atoms with Gasteiger partial charge in [0.05, 0.1) is 24.1 Å². The van der Waals surface area contributed by atoms with Gasteiger partial charge in [-0.05, 0) is 50.3 Å². The first-order chi connectivity index (χ1) is 18.5. The molecule has 0 fully saturated rings. The maximum atomic E-state index is 12.5. The summed E-state index contributed by atoms with van der Waals surface area (Å²) in [5, 5.41) is 8.45. The minimum absolute atomic E-state index is 0.349. The van der Waals surface area contributed by atoms with Crippen LogP contribution in [0.5, 0.6) is 0 Å². The van der Waals surface area contributed by atoms with Gasteiger partial charge >= 0.3 is 5.97 Å². The standard InChI is InChI=1S/C31H25N3O4/c1-20-25(29(33-37-20)22-10-6-4-7-11-22)16-14-24-15-17-27(31(35)36-3)28(32-24)19-18-26-21(2)38-34-30(26)23-12-8-5-9-13-23/h4-19H,1-3H3. The number of nitrogens with zero attached hydrogens (tertiary/aromatic N) is 3. The zero-order chi connectivity index (χ0) is 26.5. The topological polar surface area (TPSA) is 91.2 Å². The number of methoxy groups -OCH3 is 1. The van der Waals surface area contributed by atoms with Crippen molar-refractivity contribution in [2.24, 2.45) is 0 Å². The highest BCUT2D eigenvalue weighted by Crippen LogP contribution is 2.28.